The first-order valence-corrected chi connectivity index (χ1v) is 9.62. The van der Waals surface area contributed by atoms with Gasteiger partial charge in [0.15, 0.2) is 0 Å². The number of rotatable bonds is 6. The number of amides is 1. The van der Waals surface area contributed by atoms with Crippen molar-refractivity contribution in [1.29, 1.82) is 0 Å². The molecule has 0 unspecified atom stereocenters. The van der Waals surface area contributed by atoms with Crippen molar-refractivity contribution in [3.8, 4) is 11.3 Å². The number of nitrogens with one attached hydrogen (secondary N) is 1. The first kappa shape index (κ1) is 19.5. The topological polar surface area (TPSA) is 72.9 Å². The second-order valence-electron chi connectivity index (χ2n) is 6.29. The Bertz CT molecular complexity index is 949. The van der Waals surface area contributed by atoms with Crippen LogP contribution >= 0.6 is 22.9 Å². The van der Waals surface area contributed by atoms with Crippen molar-refractivity contribution in [2.24, 2.45) is 12.8 Å². The number of halogens is 2. The Hall–Kier alpha value is -2.22. The summed E-state index contributed by atoms with van der Waals surface area (Å²) in [4.78, 5) is 14.2. The zero-order chi connectivity index (χ0) is 19.6. The Balaban J connectivity index is 1.76. The van der Waals surface area contributed by atoms with E-state index in [0.29, 0.717) is 16.3 Å². The summed E-state index contributed by atoms with van der Waals surface area (Å²) in [6.45, 7) is 2.19. The van der Waals surface area contributed by atoms with E-state index in [4.69, 9.17) is 17.3 Å². The molecule has 1 amide bonds. The van der Waals surface area contributed by atoms with Crippen LogP contribution in [0.3, 0.4) is 0 Å². The fraction of sp³-hybridized carbons (Fsp3) is 0.263. The second kappa shape index (κ2) is 8.21. The van der Waals surface area contributed by atoms with Gasteiger partial charge in [0.1, 0.15) is 5.82 Å². The largest absolute Gasteiger partial charge is 0.347 e. The minimum Gasteiger partial charge on any atom is -0.347 e. The van der Waals surface area contributed by atoms with E-state index >= 15 is 0 Å². The average molecular weight is 407 g/mol. The summed E-state index contributed by atoms with van der Waals surface area (Å²) >= 11 is 7.61. The van der Waals surface area contributed by atoms with E-state index in [1.54, 1.807) is 16.9 Å². The molecule has 8 heteroatoms. The summed E-state index contributed by atoms with van der Waals surface area (Å²) in [5.74, 6) is -0.513. The highest BCUT2D eigenvalue weighted by Gasteiger charge is 2.20. The molecule has 3 rings (SSSR count). The van der Waals surface area contributed by atoms with E-state index < -0.39 is 0 Å². The Labute approximate surface area is 166 Å². The van der Waals surface area contributed by atoms with Crippen molar-refractivity contribution in [2.45, 2.75) is 19.4 Å². The maximum absolute atomic E-state index is 13.4. The summed E-state index contributed by atoms with van der Waals surface area (Å²) in [5.41, 5.74) is 8.25. The summed E-state index contributed by atoms with van der Waals surface area (Å²) in [7, 11) is 1.81. The third kappa shape index (κ3) is 4.37. The highest BCUT2D eigenvalue weighted by molar-refractivity contribution is 7.14. The smallest absolute Gasteiger partial charge is 0.261 e. The number of aromatic nitrogens is 2. The monoisotopic (exact) mass is 406 g/mol. The number of thiophene rings is 1. The molecule has 2 heterocycles. The van der Waals surface area contributed by atoms with E-state index in [0.717, 1.165) is 21.7 Å². The maximum Gasteiger partial charge on any atom is 0.261 e. The maximum atomic E-state index is 13.4. The second-order valence-corrected chi connectivity index (χ2v) is 7.95. The van der Waals surface area contributed by atoms with Gasteiger partial charge in [0.05, 0.1) is 21.8 Å². The molecule has 0 aliphatic rings. The van der Waals surface area contributed by atoms with Crippen molar-refractivity contribution < 1.29 is 9.18 Å². The van der Waals surface area contributed by atoms with Crippen molar-refractivity contribution in [3.05, 3.63) is 62.7 Å². The molecule has 0 saturated heterocycles. The Morgan fingerprint density at radius 2 is 2.22 bits per heavy atom. The molecule has 0 aliphatic carbocycles. The molecular formula is C19H20ClFN4OS. The molecule has 0 fully saturated rings. The number of nitrogens with two attached hydrogens (primary N) is 1. The van der Waals surface area contributed by atoms with Gasteiger partial charge in [-0.15, -0.1) is 11.3 Å². The lowest BCUT2D eigenvalue weighted by atomic mass is 10.1. The van der Waals surface area contributed by atoms with Gasteiger partial charge in [-0.25, -0.2) is 4.39 Å². The molecule has 5 nitrogen and oxygen atoms in total. The van der Waals surface area contributed by atoms with Gasteiger partial charge in [-0.2, -0.15) is 5.10 Å². The molecule has 0 saturated carbocycles. The van der Waals surface area contributed by atoms with Crippen LogP contribution in [0.25, 0.3) is 11.3 Å². The Morgan fingerprint density at radius 3 is 2.85 bits per heavy atom. The van der Waals surface area contributed by atoms with E-state index in [1.807, 2.05) is 26.1 Å². The number of carbonyl (C=O) groups is 1. The summed E-state index contributed by atoms with van der Waals surface area (Å²) < 4.78 is 15.0. The molecule has 2 aromatic heterocycles. The molecule has 142 valence electrons. The van der Waals surface area contributed by atoms with Crippen LogP contribution in [-0.4, -0.2) is 28.3 Å². The lowest BCUT2D eigenvalue weighted by molar-refractivity contribution is 0.0942. The third-order valence-electron chi connectivity index (χ3n) is 4.28. The Morgan fingerprint density at radius 1 is 1.44 bits per heavy atom. The van der Waals surface area contributed by atoms with Gasteiger partial charge in [-0.05, 0) is 37.1 Å². The van der Waals surface area contributed by atoms with Gasteiger partial charge in [0.2, 0.25) is 0 Å². The van der Waals surface area contributed by atoms with Crippen LogP contribution in [0, 0.1) is 12.7 Å². The van der Waals surface area contributed by atoms with E-state index in [2.05, 4.69) is 10.4 Å². The van der Waals surface area contributed by atoms with Gasteiger partial charge in [0, 0.05) is 30.1 Å². The summed E-state index contributed by atoms with van der Waals surface area (Å²) in [5, 5.41) is 7.62. The molecule has 0 spiro atoms. The molecule has 1 atom stereocenters. The lowest BCUT2D eigenvalue weighted by Crippen LogP contribution is -2.41. The minimum atomic E-state index is -0.304. The zero-order valence-corrected chi connectivity index (χ0v) is 16.6. The predicted octanol–water partition coefficient (Wildman–Crippen LogP) is 3.55. The SMILES string of the molecule is Cc1sc(C(=O)N[C@H](CN)Cc2cccc(F)c2)cc1-c1c(Cl)cnn1C. The highest BCUT2D eigenvalue weighted by atomic mass is 35.5. The standard InChI is InChI=1S/C19H20ClFN4OS/c1-11-15(18-16(20)10-23-25(18)2)8-17(27-11)19(26)24-14(9-22)7-12-4-3-5-13(21)6-12/h3-6,8,10,14H,7,9,22H2,1-2H3,(H,24,26)/t14-/m0/s1. The molecule has 0 radical (unpaired) electrons. The number of hydrogen-bond acceptors (Lipinski definition) is 4. The van der Waals surface area contributed by atoms with Crippen LogP contribution in [0.2, 0.25) is 5.02 Å². The first-order valence-electron chi connectivity index (χ1n) is 8.42. The predicted molar refractivity (Wildman–Crippen MR) is 107 cm³/mol. The van der Waals surface area contributed by atoms with E-state index in [-0.39, 0.29) is 24.3 Å². The van der Waals surface area contributed by atoms with Crippen LogP contribution in [0.15, 0.2) is 36.5 Å². The lowest BCUT2D eigenvalue weighted by Gasteiger charge is -2.16. The zero-order valence-electron chi connectivity index (χ0n) is 15.0. The van der Waals surface area contributed by atoms with Gasteiger partial charge in [0.25, 0.3) is 5.91 Å². The van der Waals surface area contributed by atoms with Gasteiger partial charge >= 0.3 is 0 Å². The van der Waals surface area contributed by atoms with Crippen molar-refractivity contribution >= 4 is 28.8 Å². The van der Waals surface area contributed by atoms with Crippen LogP contribution in [0.4, 0.5) is 4.39 Å². The third-order valence-corrected chi connectivity index (χ3v) is 5.61. The molecule has 1 aromatic carbocycles. The molecule has 3 aromatic rings. The summed E-state index contributed by atoms with van der Waals surface area (Å²) in [6.07, 6.45) is 2.04. The van der Waals surface area contributed by atoms with Crippen molar-refractivity contribution in [3.63, 3.8) is 0 Å². The van der Waals surface area contributed by atoms with Crippen LogP contribution in [-0.2, 0) is 13.5 Å². The average Bonchev–Trinajstić information content (AvgIpc) is 3.16. The quantitative estimate of drug-likeness (QED) is 0.657. The first-order chi connectivity index (χ1) is 12.9. The minimum absolute atomic E-state index is 0.209. The molecular weight excluding hydrogens is 387 g/mol. The van der Waals surface area contributed by atoms with E-state index in [1.165, 1.54) is 23.5 Å². The molecule has 27 heavy (non-hydrogen) atoms. The number of aryl methyl sites for hydroxylation is 2. The number of nitrogens with zero attached hydrogens (tertiary/aromatic N) is 2. The van der Waals surface area contributed by atoms with Crippen LogP contribution < -0.4 is 11.1 Å². The van der Waals surface area contributed by atoms with Crippen LogP contribution in [0.5, 0.6) is 0 Å². The molecule has 0 bridgehead atoms. The highest BCUT2D eigenvalue weighted by Crippen LogP contribution is 2.34. The Kier molecular flexibility index (Phi) is 5.94. The number of carbonyl (C=O) groups excluding carboxylic acids is 1. The normalized spacial score (nSPS) is 12.2. The fourth-order valence-electron chi connectivity index (χ4n) is 2.94. The summed E-state index contributed by atoms with van der Waals surface area (Å²) in [6, 6.07) is 7.83. The van der Waals surface area contributed by atoms with Crippen molar-refractivity contribution in [1.82, 2.24) is 15.1 Å². The fourth-order valence-corrected chi connectivity index (χ4v) is 4.13. The van der Waals surface area contributed by atoms with Crippen LogP contribution in [0.1, 0.15) is 20.1 Å². The number of benzene rings is 1. The van der Waals surface area contributed by atoms with Gasteiger partial charge in [-0.1, -0.05) is 23.7 Å². The van der Waals surface area contributed by atoms with Crippen molar-refractivity contribution in [2.75, 3.05) is 6.54 Å². The molecule has 3 N–H and O–H groups in total. The molecule has 0 aliphatic heterocycles. The number of hydrogen-bond donors (Lipinski definition) is 2. The van der Waals surface area contributed by atoms with Gasteiger partial charge in [-0.3, -0.25) is 9.48 Å². The van der Waals surface area contributed by atoms with E-state index in [9.17, 15) is 9.18 Å². The van der Waals surface area contributed by atoms with Gasteiger partial charge < -0.3 is 11.1 Å².